The Bertz CT molecular complexity index is 1020. The van der Waals surface area contributed by atoms with Crippen molar-refractivity contribution in [2.24, 2.45) is 0 Å². The van der Waals surface area contributed by atoms with Crippen molar-refractivity contribution < 1.29 is 22.7 Å². The number of carbonyl (C=O) groups excluding carboxylic acids is 1. The molecule has 0 aliphatic rings. The summed E-state index contributed by atoms with van der Waals surface area (Å²) < 4.78 is 45.9. The van der Waals surface area contributed by atoms with Crippen molar-refractivity contribution in [3.63, 3.8) is 0 Å². The SMILES string of the molecule is CCN(C(=O)c1cc(F)ccc1-n1nccn1)[C@@H](C)COc1cnc(C(C)(F)F)cn1. The van der Waals surface area contributed by atoms with E-state index in [4.69, 9.17) is 4.74 Å². The fourth-order valence-corrected chi connectivity index (χ4v) is 2.92. The summed E-state index contributed by atoms with van der Waals surface area (Å²) >= 11 is 0. The molecule has 3 aromatic rings. The maximum absolute atomic E-state index is 13.9. The summed E-state index contributed by atoms with van der Waals surface area (Å²) in [6.45, 7) is 4.59. The van der Waals surface area contributed by atoms with E-state index in [1.165, 1.54) is 34.2 Å². The molecule has 3 rings (SSSR count). The second kappa shape index (κ2) is 9.11. The van der Waals surface area contributed by atoms with Gasteiger partial charge in [0.05, 0.1) is 42.1 Å². The van der Waals surface area contributed by atoms with Gasteiger partial charge >= 0.3 is 0 Å². The Kier molecular flexibility index (Phi) is 6.52. The van der Waals surface area contributed by atoms with Gasteiger partial charge in [0.25, 0.3) is 11.8 Å². The zero-order valence-corrected chi connectivity index (χ0v) is 17.2. The molecule has 164 valence electrons. The molecule has 1 atom stereocenters. The van der Waals surface area contributed by atoms with Crippen LogP contribution >= 0.6 is 0 Å². The molecule has 1 aromatic carbocycles. The molecule has 0 spiro atoms. The molecule has 0 fully saturated rings. The van der Waals surface area contributed by atoms with Crippen LogP contribution in [-0.4, -0.2) is 55.0 Å². The molecular formula is C20H21F3N6O2. The summed E-state index contributed by atoms with van der Waals surface area (Å²) in [7, 11) is 0. The van der Waals surface area contributed by atoms with Crippen LogP contribution in [0.2, 0.25) is 0 Å². The molecule has 31 heavy (non-hydrogen) atoms. The highest BCUT2D eigenvalue weighted by atomic mass is 19.3. The van der Waals surface area contributed by atoms with Crippen LogP contribution in [0.5, 0.6) is 5.88 Å². The van der Waals surface area contributed by atoms with Crippen LogP contribution in [0.1, 0.15) is 36.8 Å². The molecule has 0 aliphatic carbocycles. The average molecular weight is 434 g/mol. The number of carbonyl (C=O) groups is 1. The fraction of sp³-hybridized carbons (Fsp3) is 0.350. The van der Waals surface area contributed by atoms with Gasteiger partial charge in [0.2, 0.25) is 5.88 Å². The number of likely N-dealkylation sites (N-methyl/N-ethyl adjacent to an activating group) is 1. The molecule has 0 saturated carbocycles. The molecule has 0 aliphatic heterocycles. The van der Waals surface area contributed by atoms with Crippen molar-refractivity contribution in [2.45, 2.75) is 32.7 Å². The van der Waals surface area contributed by atoms with Crippen LogP contribution in [0.15, 0.2) is 43.0 Å². The number of aromatic nitrogens is 5. The van der Waals surface area contributed by atoms with Gasteiger partial charge in [0.15, 0.2) is 0 Å². The number of halogens is 3. The van der Waals surface area contributed by atoms with E-state index in [-0.39, 0.29) is 18.1 Å². The number of hydrogen-bond acceptors (Lipinski definition) is 6. The first kappa shape index (κ1) is 22.2. The number of nitrogens with zero attached hydrogens (tertiary/aromatic N) is 6. The maximum Gasteiger partial charge on any atom is 0.288 e. The van der Waals surface area contributed by atoms with E-state index in [0.29, 0.717) is 12.2 Å². The predicted octanol–water partition coefficient (Wildman–Crippen LogP) is 3.24. The molecule has 0 radical (unpaired) electrons. The largest absolute Gasteiger partial charge is 0.474 e. The van der Waals surface area contributed by atoms with Crippen LogP contribution in [0.4, 0.5) is 13.2 Å². The van der Waals surface area contributed by atoms with E-state index in [1.54, 1.807) is 13.8 Å². The van der Waals surface area contributed by atoms with Crippen molar-refractivity contribution in [1.29, 1.82) is 0 Å². The van der Waals surface area contributed by atoms with Crippen molar-refractivity contribution in [1.82, 2.24) is 29.9 Å². The quantitative estimate of drug-likeness (QED) is 0.541. The second-order valence-electron chi connectivity index (χ2n) is 6.86. The van der Waals surface area contributed by atoms with E-state index >= 15 is 0 Å². The van der Waals surface area contributed by atoms with Gasteiger partial charge in [-0.15, -0.1) is 0 Å². The first-order valence-corrected chi connectivity index (χ1v) is 9.51. The third-order valence-electron chi connectivity index (χ3n) is 4.51. The summed E-state index contributed by atoms with van der Waals surface area (Å²) in [4.78, 5) is 23.4. The fourth-order valence-electron chi connectivity index (χ4n) is 2.92. The van der Waals surface area contributed by atoms with Crippen molar-refractivity contribution in [3.05, 3.63) is 60.1 Å². The third-order valence-corrected chi connectivity index (χ3v) is 4.51. The standard InChI is InChI=1S/C20H21F3N6O2/c1-4-28(13(2)12-31-18-11-24-17(10-25-18)20(3,22)23)19(30)15-9-14(21)5-6-16(15)29-26-7-8-27-29/h5-11,13H,4,12H2,1-3H3/t13-/m0/s1. The zero-order valence-electron chi connectivity index (χ0n) is 17.2. The number of hydrogen-bond donors (Lipinski definition) is 0. The van der Waals surface area contributed by atoms with Crippen molar-refractivity contribution in [2.75, 3.05) is 13.2 Å². The molecule has 0 N–H and O–H groups in total. The molecule has 0 bridgehead atoms. The van der Waals surface area contributed by atoms with Gasteiger partial charge in [-0.05, 0) is 32.0 Å². The lowest BCUT2D eigenvalue weighted by Crippen LogP contribution is -2.42. The molecule has 2 aromatic heterocycles. The Hall–Kier alpha value is -3.50. The number of rotatable bonds is 8. The first-order chi connectivity index (χ1) is 14.7. The van der Waals surface area contributed by atoms with E-state index in [9.17, 15) is 18.0 Å². The lowest BCUT2D eigenvalue weighted by Gasteiger charge is -2.28. The van der Waals surface area contributed by atoms with E-state index in [2.05, 4.69) is 20.2 Å². The molecule has 0 saturated heterocycles. The normalized spacial score (nSPS) is 12.5. The van der Waals surface area contributed by atoms with Gasteiger partial charge in [-0.25, -0.2) is 14.4 Å². The molecule has 2 heterocycles. The Labute approximate surface area is 176 Å². The highest BCUT2D eigenvalue weighted by molar-refractivity contribution is 5.97. The predicted molar refractivity (Wildman–Crippen MR) is 105 cm³/mol. The van der Waals surface area contributed by atoms with Crippen LogP contribution in [-0.2, 0) is 5.92 Å². The van der Waals surface area contributed by atoms with Crippen molar-refractivity contribution >= 4 is 5.91 Å². The summed E-state index contributed by atoms with van der Waals surface area (Å²) in [5.74, 6) is -4.05. The summed E-state index contributed by atoms with van der Waals surface area (Å²) in [6, 6.07) is 3.35. The summed E-state index contributed by atoms with van der Waals surface area (Å²) in [5, 5.41) is 8.02. The highest BCUT2D eigenvalue weighted by Crippen LogP contribution is 2.25. The topological polar surface area (TPSA) is 86.0 Å². The average Bonchev–Trinajstić information content (AvgIpc) is 3.27. The van der Waals surface area contributed by atoms with Crippen LogP contribution in [0.3, 0.4) is 0 Å². The first-order valence-electron chi connectivity index (χ1n) is 9.51. The Balaban J connectivity index is 1.74. The number of benzene rings is 1. The van der Waals surface area contributed by atoms with Crippen LogP contribution in [0.25, 0.3) is 5.69 Å². The van der Waals surface area contributed by atoms with Gasteiger partial charge in [0.1, 0.15) is 18.1 Å². The summed E-state index contributed by atoms with van der Waals surface area (Å²) in [5.41, 5.74) is -0.0340. The molecule has 11 heteroatoms. The molecular weight excluding hydrogens is 413 g/mol. The maximum atomic E-state index is 13.9. The zero-order chi connectivity index (χ0) is 22.6. The number of amides is 1. The second-order valence-corrected chi connectivity index (χ2v) is 6.86. The highest BCUT2D eigenvalue weighted by Gasteiger charge is 2.27. The van der Waals surface area contributed by atoms with Gasteiger partial charge in [-0.3, -0.25) is 4.79 Å². The smallest absolute Gasteiger partial charge is 0.288 e. The molecule has 1 amide bonds. The Morgan fingerprint density at radius 2 is 1.94 bits per heavy atom. The minimum atomic E-state index is -3.10. The molecule has 0 unspecified atom stereocenters. The van der Waals surface area contributed by atoms with Gasteiger partial charge in [-0.1, -0.05) is 0 Å². The van der Waals surface area contributed by atoms with E-state index in [0.717, 1.165) is 25.4 Å². The number of alkyl halides is 2. The van der Waals surface area contributed by atoms with Gasteiger partial charge < -0.3 is 9.64 Å². The Morgan fingerprint density at radius 3 is 2.52 bits per heavy atom. The Morgan fingerprint density at radius 1 is 1.23 bits per heavy atom. The van der Waals surface area contributed by atoms with Gasteiger partial charge in [0, 0.05) is 13.5 Å². The van der Waals surface area contributed by atoms with Gasteiger partial charge in [-0.2, -0.15) is 23.8 Å². The van der Waals surface area contributed by atoms with E-state index < -0.39 is 29.4 Å². The molecule has 8 nitrogen and oxygen atoms in total. The minimum Gasteiger partial charge on any atom is -0.474 e. The number of ether oxygens (including phenoxy) is 1. The van der Waals surface area contributed by atoms with Crippen molar-refractivity contribution in [3.8, 4) is 11.6 Å². The lowest BCUT2D eigenvalue weighted by molar-refractivity contribution is 0.0121. The minimum absolute atomic E-state index is 0.0286. The summed E-state index contributed by atoms with van der Waals surface area (Å²) in [6.07, 6.45) is 4.95. The lowest BCUT2D eigenvalue weighted by atomic mass is 10.1. The van der Waals surface area contributed by atoms with Crippen LogP contribution in [0, 0.1) is 5.82 Å². The third kappa shape index (κ3) is 5.16. The monoisotopic (exact) mass is 434 g/mol. The van der Waals surface area contributed by atoms with E-state index in [1.807, 2.05) is 0 Å². The van der Waals surface area contributed by atoms with Crippen LogP contribution < -0.4 is 4.74 Å².